The number of amides is 1. The number of carbonyl (C=O) groups excluding carboxylic acids is 2. The summed E-state index contributed by atoms with van der Waals surface area (Å²) in [7, 11) is 1.63. The Kier molecular flexibility index (Phi) is 6.12. The van der Waals surface area contributed by atoms with E-state index in [9.17, 15) is 9.59 Å². The number of para-hydroxylation sites is 3. The van der Waals surface area contributed by atoms with E-state index in [1.807, 2.05) is 60.7 Å². The summed E-state index contributed by atoms with van der Waals surface area (Å²) in [4.78, 5) is 30.2. The molecular formula is C24H22N2O5. The van der Waals surface area contributed by atoms with Gasteiger partial charge in [0.1, 0.15) is 6.61 Å². The maximum absolute atomic E-state index is 12.3. The van der Waals surface area contributed by atoms with E-state index in [0.717, 1.165) is 10.9 Å². The van der Waals surface area contributed by atoms with E-state index >= 15 is 0 Å². The Labute approximate surface area is 179 Å². The zero-order chi connectivity index (χ0) is 21.6. The smallest absolute Gasteiger partial charge is 0.331 e. The fourth-order valence-electron chi connectivity index (χ4n) is 3.18. The molecule has 1 aliphatic rings. The second-order valence-electron chi connectivity index (χ2n) is 7.14. The molecule has 1 aliphatic heterocycles. The average molecular weight is 418 g/mol. The van der Waals surface area contributed by atoms with Crippen LogP contribution in [0, 0.1) is 0 Å². The maximum Gasteiger partial charge on any atom is 0.331 e. The van der Waals surface area contributed by atoms with Crippen molar-refractivity contribution >= 4 is 28.9 Å². The molecule has 2 heterocycles. The molecule has 7 heteroatoms. The molecule has 158 valence electrons. The van der Waals surface area contributed by atoms with Crippen LogP contribution in [0.1, 0.15) is 5.69 Å². The summed E-state index contributed by atoms with van der Waals surface area (Å²) in [5, 5.41) is 1.02. The van der Waals surface area contributed by atoms with Gasteiger partial charge in [0.2, 0.25) is 0 Å². The number of ether oxygens (including phenoxy) is 3. The number of likely N-dealkylation sites (N-methyl/N-ethyl adjacent to an activating group) is 1. The molecule has 2 aromatic carbocycles. The normalized spacial score (nSPS) is 15.1. The number of nitrogens with zero attached hydrogens (tertiary/aromatic N) is 2. The first-order valence-corrected chi connectivity index (χ1v) is 9.91. The van der Waals surface area contributed by atoms with E-state index in [0.29, 0.717) is 30.3 Å². The van der Waals surface area contributed by atoms with Crippen molar-refractivity contribution in [3.05, 3.63) is 72.4 Å². The van der Waals surface area contributed by atoms with Gasteiger partial charge in [0, 0.05) is 18.5 Å². The third kappa shape index (κ3) is 5.19. The zero-order valence-electron chi connectivity index (χ0n) is 17.1. The molecule has 0 spiro atoms. The highest BCUT2D eigenvalue weighted by Gasteiger charge is 2.24. The van der Waals surface area contributed by atoms with Crippen LogP contribution >= 0.6 is 0 Å². The molecule has 0 aliphatic carbocycles. The van der Waals surface area contributed by atoms with E-state index in [1.54, 1.807) is 13.1 Å². The molecule has 7 nitrogen and oxygen atoms in total. The highest BCUT2D eigenvalue weighted by molar-refractivity contribution is 5.89. The van der Waals surface area contributed by atoms with Crippen LogP contribution in [0.2, 0.25) is 0 Å². The van der Waals surface area contributed by atoms with Crippen molar-refractivity contribution in [2.24, 2.45) is 0 Å². The molecule has 1 aromatic heterocycles. The third-order valence-electron chi connectivity index (χ3n) is 4.82. The number of aromatic nitrogens is 1. The lowest BCUT2D eigenvalue weighted by molar-refractivity contribution is -0.148. The van der Waals surface area contributed by atoms with E-state index in [2.05, 4.69) is 4.98 Å². The highest BCUT2D eigenvalue weighted by atomic mass is 16.6. The number of pyridine rings is 1. The number of hydrogen-bond donors (Lipinski definition) is 0. The second-order valence-corrected chi connectivity index (χ2v) is 7.14. The van der Waals surface area contributed by atoms with Crippen molar-refractivity contribution in [2.45, 2.75) is 6.10 Å². The van der Waals surface area contributed by atoms with Crippen LogP contribution in [0.15, 0.2) is 66.7 Å². The van der Waals surface area contributed by atoms with E-state index in [-0.39, 0.29) is 18.6 Å². The van der Waals surface area contributed by atoms with E-state index < -0.39 is 5.97 Å². The maximum atomic E-state index is 12.3. The molecule has 0 unspecified atom stereocenters. The van der Waals surface area contributed by atoms with Gasteiger partial charge in [-0.3, -0.25) is 4.79 Å². The standard InChI is InChI=1S/C24H22N2O5/c1-26(14-19-15-29-21-8-4-5-9-22(21)31-19)23(27)16-30-24(28)13-12-18-11-10-17-6-2-3-7-20(17)25-18/h2-13,19H,14-16H2,1H3/b13-12+/t19-/m0/s1. The predicted octanol–water partition coefficient (Wildman–Crippen LogP) is 3.09. The molecule has 0 saturated heterocycles. The van der Waals surface area contributed by atoms with Gasteiger partial charge in [0.15, 0.2) is 24.2 Å². The Hall–Kier alpha value is -3.87. The molecule has 0 bridgehead atoms. The van der Waals surface area contributed by atoms with Crippen LogP contribution in [-0.4, -0.2) is 54.7 Å². The summed E-state index contributed by atoms with van der Waals surface area (Å²) < 4.78 is 16.6. The molecular weight excluding hydrogens is 396 g/mol. The lowest BCUT2D eigenvalue weighted by atomic mass is 10.2. The van der Waals surface area contributed by atoms with Crippen molar-refractivity contribution in [1.82, 2.24) is 9.88 Å². The number of fused-ring (bicyclic) bond motifs is 2. The number of esters is 1. The SMILES string of the molecule is CN(C[C@H]1COc2ccccc2O1)C(=O)COC(=O)/C=C/c1ccc2ccccc2n1. The van der Waals surface area contributed by atoms with E-state index in [4.69, 9.17) is 14.2 Å². The Morgan fingerprint density at radius 3 is 2.74 bits per heavy atom. The van der Waals surface area contributed by atoms with Gasteiger partial charge in [0.25, 0.3) is 5.91 Å². The molecule has 0 fully saturated rings. The minimum Gasteiger partial charge on any atom is -0.486 e. The molecule has 0 saturated carbocycles. The van der Waals surface area contributed by atoms with Gasteiger partial charge in [-0.05, 0) is 30.3 Å². The number of carbonyl (C=O) groups is 2. The van der Waals surface area contributed by atoms with Crippen molar-refractivity contribution in [2.75, 3.05) is 26.8 Å². The third-order valence-corrected chi connectivity index (χ3v) is 4.82. The minimum atomic E-state index is -0.608. The van der Waals surface area contributed by atoms with Gasteiger partial charge in [-0.15, -0.1) is 0 Å². The van der Waals surface area contributed by atoms with Crippen molar-refractivity contribution < 1.29 is 23.8 Å². The quantitative estimate of drug-likeness (QED) is 0.452. The fourth-order valence-corrected chi connectivity index (χ4v) is 3.18. The fraction of sp³-hybridized carbons (Fsp3) is 0.208. The van der Waals surface area contributed by atoms with Crippen LogP contribution in [0.25, 0.3) is 17.0 Å². The van der Waals surface area contributed by atoms with Crippen molar-refractivity contribution in [3.63, 3.8) is 0 Å². The number of benzene rings is 2. The molecule has 1 atom stereocenters. The number of hydrogen-bond acceptors (Lipinski definition) is 6. The molecule has 3 aromatic rings. The largest absolute Gasteiger partial charge is 0.486 e. The molecule has 0 N–H and O–H groups in total. The summed E-state index contributed by atoms with van der Waals surface area (Å²) in [6.07, 6.45) is 2.53. The Morgan fingerprint density at radius 2 is 1.87 bits per heavy atom. The molecule has 4 rings (SSSR count). The first-order chi connectivity index (χ1) is 15.1. The van der Waals surface area contributed by atoms with Crippen LogP contribution in [-0.2, 0) is 14.3 Å². The first kappa shape index (κ1) is 20.4. The Morgan fingerprint density at radius 1 is 1.10 bits per heavy atom. The average Bonchev–Trinajstić information content (AvgIpc) is 2.81. The highest BCUT2D eigenvalue weighted by Crippen LogP contribution is 2.30. The van der Waals surface area contributed by atoms with Gasteiger partial charge in [-0.1, -0.05) is 36.4 Å². The van der Waals surface area contributed by atoms with E-state index in [1.165, 1.54) is 11.0 Å². The van der Waals surface area contributed by atoms with Crippen LogP contribution < -0.4 is 9.47 Å². The van der Waals surface area contributed by atoms with Crippen molar-refractivity contribution in [1.29, 1.82) is 0 Å². The second kappa shape index (κ2) is 9.30. The number of rotatable bonds is 6. The van der Waals surface area contributed by atoms with Crippen LogP contribution in [0.5, 0.6) is 11.5 Å². The first-order valence-electron chi connectivity index (χ1n) is 9.91. The lowest BCUT2D eigenvalue weighted by Crippen LogP contribution is -2.43. The summed E-state index contributed by atoms with van der Waals surface area (Å²) in [5.41, 5.74) is 1.47. The topological polar surface area (TPSA) is 78.0 Å². The summed E-state index contributed by atoms with van der Waals surface area (Å²) in [6.45, 7) is 0.312. The Balaban J connectivity index is 1.25. The monoisotopic (exact) mass is 418 g/mol. The van der Waals surface area contributed by atoms with Crippen molar-refractivity contribution in [3.8, 4) is 11.5 Å². The van der Waals surface area contributed by atoms with Gasteiger partial charge in [-0.25, -0.2) is 9.78 Å². The molecule has 1 amide bonds. The summed E-state index contributed by atoms with van der Waals surface area (Å²) in [6, 6.07) is 18.9. The zero-order valence-corrected chi connectivity index (χ0v) is 17.1. The van der Waals surface area contributed by atoms with Crippen LogP contribution in [0.3, 0.4) is 0 Å². The molecule has 0 radical (unpaired) electrons. The summed E-state index contributed by atoms with van der Waals surface area (Å²) in [5.74, 6) is 0.406. The minimum absolute atomic E-state index is 0.293. The van der Waals surface area contributed by atoms with Gasteiger partial charge < -0.3 is 19.1 Å². The van der Waals surface area contributed by atoms with Gasteiger partial charge in [0.05, 0.1) is 17.8 Å². The Bertz CT molecular complexity index is 1130. The van der Waals surface area contributed by atoms with Gasteiger partial charge >= 0.3 is 5.97 Å². The molecule has 31 heavy (non-hydrogen) atoms. The summed E-state index contributed by atoms with van der Waals surface area (Å²) >= 11 is 0. The van der Waals surface area contributed by atoms with Gasteiger partial charge in [-0.2, -0.15) is 0 Å². The van der Waals surface area contributed by atoms with Crippen LogP contribution in [0.4, 0.5) is 0 Å². The lowest BCUT2D eigenvalue weighted by Gasteiger charge is -2.29. The predicted molar refractivity (Wildman–Crippen MR) is 116 cm³/mol.